The quantitative estimate of drug-likeness (QED) is 0.157. The molecule has 0 saturated heterocycles. The van der Waals surface area contributed by atoms with E-state index in [-0.39, 0.29) is 18.5 Å². The van der Waals surface area contributed by atoms with Gasteiger partial charge in [-0.1, -0.05) is 84.9 Å². The number of carbonyl (C=O) groups is 4. The van der Waals surface area contributed by atoms with Crippen LogP contribution >= 0.6 is 0 Å². The third-order valence-electron chi connectivity index (χ3n) is 8.14. The lowest BCUT2D eigenvalue weighted by Gasteiger charge is -2.31. The Bertz CT molecular complexity index is 1970. The molecular weight excluding hydrogens is 630 g/mol. The molecule has 1 unspecified atom stereocenters. The summed E-state index contributed by atoms with van der Waals surface area (Å²) < 4.78 is 5.90. The molecule has 0 spiro atoms. The van der Waals surface area contributed by atoms with E-state index >= 15 is 0 Å². The number of ether oxygens (including phenoxy) is 1. The number of hydrogen-bond donors (Lipinski definition) is 2. The van der Waals surface area contributed by atoms with Gasteiger partial charge in [0.05, 0.1) is 11.4 Å². The van der Waals surface area contributed by atoms with Crippen LogP contribution in [0.3, 0.4) is 0 Å². The van der Waals surface area contributed by atoms with Crippen molar-refractivity contribution in [3.8, 4) is 5.75 Å². The molecule has 10 heteroatoms. The molecule has 1 atom stereocenters. The fourth-order valence-corrected chi connectivity index (χ4v) is 5.87. The first-order valence-corrected chi connectivity index (χ1v) is 16.3. The van der Waals surface area contributed by atoms with Crippen LogP contribution in [0.5, 0.6) is 5.75 Å². The number of hydrogen-bond acceptors (Lipinski definition) is 5. The summed E-state index contributed by atoms with van der Waals surface area (Å²) in [6, 6.07) is 38.8. The number of anilines is 5. The molecule has 0 aromatic heterocycles. The molecule has 5 amide bonds. The number of fused-ring (bicyclic) bond motifs is 1. The van der Waals surface area contributed by atoms with Crippen molar-refractivity contribution in [2.75, 3.05) is 26.6 Å². The van der Waals surface area contributed by atoms with Crippen LogP contribution in [0.4, 0.5) is 33.2 Å². The summed E-state index contributed by atoms with van der Waals surface area (Å²) >= 11 is 0. The molecule has 0 fully saturated rings. The summed E-state index contributed by atoms with van der Waals surface area (Å²) in [5, 5.41) is 5.34. The second-order valence-corrected chi connectivity index (χ2v) is 11.9. The molecule has 0 saturated carbocycles. The number of nitrogens with zero attached hydrogens (tertiary/aromatic N) is 3. The number of benzene rings is 5. The second-order valence-electron chi connectivity index (χ2n) is 11.9. The first kappa shape index (κ1) is 33.5. The Kier molecular flexibility index (Phi) is 10.2. The minimum Gasteiger partial charge on any atom is -0.489 e. The van der Waals surface area contributed by atoms with Crippen molar-refractivity contribution >= 4 is 52.2 Å². The minimum absolute atomic E-state index is 0.225. The van der Waals surface area contributed by atoms with Gasteiger partial charge in [0, 0.05) is 29.2 Å². The highest BCUT2D eigenvalue weighted by Gasteiger charge is 2.43. The first-order valence-electron chi connectivity index (χ1n) is 16.3. The zero-order chi connectivity index (χ0) is 35.0. The minimum atomic E-state index is -1.67. The number of nitrogens with one attached hydrogen (secondary N) is 2. The lowest BCUT2D eigenvalue weighted by Crippen LogP contribution is -2.57. The standard InChI is InChI=1S/C40H37N5O5/c1-28(2)44(31-18-8-4-9-19-31)36(46)26-43-34-23-12-13-24-35(34)45(32-20-10-5-11-21-32)39(48)37(38(43)47)42-40(49)41-30-17-14-22-33(25-30)50-27-29-15-6-3-7-16-29/h3-25,28,37H,26-27H2,1-2H3,(H2,41,42,49). The maximum atomic E-state index is 14.5. The highest BCUT2D eigenvalue weighted by atomic mass is 16.5. The van der Waals surface area contributed by atoms with Crippen LogP contribution in [-0.2, 0) is 21.0 Å². The molecule has 1 aliphatic heterocycles. The largest absolute Gasteiger partial charge is 0.489 e. The lowest BCUT2D eigenvalue weighted by molar-refractivity contribution is -0.129. The van der Waals surface area contributed by atoms with Crippen LogP contribution in [0.15, 0.2) is 140 Å². The molecule has 10 nitrogen and oxygen atoms in total. The molecule has 0 radical (unpaired) electrons. The summed E-state index contributed by atoms with van der Waals surface area (Å²) in [5.41, 5.74) is 3.30. The third-order valence-corrected chi connectivity index (χ3v) is 8.14. The number of urea groups is 1. The zero-order valence-electron chi connectivity index (χ0n) is 27.7. The van der Waals surface area contributed by atoms with Gasteiger partial charge < -0.3 is 20.3 Å². The fourth-order valence-electron chi connectivity index (χ4n) is 5.87. The van der Waals surface area contributed by atoms with Gasteiger partial charge in [0.15, 0.2) is 6.04 Å². The Morgan fingerprint density at radius 2 is 1.36 bits per heavy atom. The topological polar surface area (TPSA) is 111 Å². The van der Waals surface area contributed by atoms with E-state index < -0.39 is 23.9 Å². The summed E-state index contributed by atoms with van der Waals surface area (Å²) in [6.07, 6.45) is 0. The van der Waals surface area contributed by atoms with Gasteiger partial charge in [0.25, 0.3) is 11.8 Å². The van der Waals surface area contributed by atoms with E-state index in [2.05, 4.69) is 10.6 Å². The maximum Gasteiger partial charge on any atom is 0.320 e. The van der Waals surface area contributed by atoms with Crippen molar-refractivity contribution in [1.29, 1.82) is 0 Å². The Morgan fingerprint density at radius 3 is 2.04 bits per heavy atom. The molecule has 5 aromatic carbocycles. The molecule has 5 aromatic rings. The summed E-state index contributed by atoms with van der Waals surface area (Å²) in [5.74, 6) is -1.26. The average molecular weight is 668 g/mol. The smallest absolute Gasteiger partial charge is 0.320 e. The van der Waals surface area contributed by atoms with Gasteiger partial charge in [-0.15, -0.1) is 0 Å². The highest BCUT2D eigenvalue weighted by Crippen LogP contribution is 2.38. The van der Waals surface area contributed by atoms with Crippen molar-refractivity contribution in [3.63, 3.8) is 0 Å². The molecule has 0 bridgehead atoms. The predicted molar refractivity (Wildman–Crippen MR) is 195 cm³/mol. The summed E-state index contributed by atoms with van der Waals surface area (Å²) in [7, 11) is 0. The average Bonchev–Trinajstić information content (AvgIpc) is 3.21. The Hall–Kier alpha value is -6.42. The Balaban J connectivity index is 1.30. The van der Waals surface area contributed by atoms with E-state index in [4.69, 9.17) is 4.74 Å². The molecule has 1 heterocycles. The van der Waals surface area contributed by atoms with Gasteiger partial charge in [0.1, 0.15) is 18.9 Å². The molecule has 6 rings (SSSR count). The van der Waals surface area contributed by atoms with E-state index in [1.54, 1.807) is 77.7 Å². The summed E-state index contributed by atoms with van der Waals surface area (Å²) in [4.78, 5) is 60.7. The molecular formula is C40H37N5O5. The molecule has 0 aliphatic carbocycles. The lowest BCUT2D eigenvalue weighted by atomic mass is 10.2. The van der Waals surface area contributed by atoms with Crippen LogP contribution in [0.1, 0.15) is 19.4 Å². The maximum absolute atomic E-state index is 14.5. The van der Waals surface area contributed by atoms with Crippen molar-refractivity contribution in [3.05, 3.63) is 145 Å². The van der Waals surface area contributed by atoms with Crippen LogP contribution in [0, 0.1) is 0 Å². The van der Waals surface area contributed by atoms with Crippen LogP contribution in [0.2, 0.25) is 0 Å². The van der Waals surface area contributed by atoms with Gasteiger partial charge in [-0.05, 0) is 67.9 Å². The van der Waals surface area contributed by atoms with Crippen molar-refractivity contribution < 1.29 is 23.9 Å². The molecule has 1 aliphatic rings. The van der Waals surface area contributed by atoms with Crippen molar-refractivity contribution in [2.24, 2.45) is 0 Å². The van der Waals surface area contributed by atoms with E-state index in [1.165, 1.54) is 9.80 Å². The fraction of sp³-hybridized carbons (Fsp3) is 0.150. The molecule has 50 heavy (non-hydrogen) atoms. The zero-order valence-corrected chi connectivity index (χ0v) is 27.7. The van der Waals surface area contributed by atoms with E-state index in [0.717, 1.165) is 5.56 Å². The number of amides is 5. The Morgan fingerprint density at radius 1 is 0.740 bits per heavy atom. The molecule has 252 valence electrons. The number of para-hydroxylation sites is 4. The Labute approximate surface area is 290 Å². The van der Waals surface area contributed by atoms with Crippen LogP contribution < -0.4 is 30.1 Å². The van der Waals surface area contributed by atoms with Gasteiger partial charge in [-0.25, -0.2) is 4.79 Å². The van der Waals surface area contributed by atoms with E-state index in [1.807, 2.05) is 80.6 Å². The summed E-state index contributed by atoms with van der Waals surface area (Å²) in [6.45, 7) is 3.74. The van der Waals surface area contributed by atoms with Gasteiger partial charge in [0.2, 0.25) is 5.91 Å². The number of carbonyl (C=O) groups excluding carboxylic acids is 4. The van der Waals surface area contributed by atoms with Gasteiger partial charge >= 0.3 is 6.03 Å². The SMILES string of the molecule is CC(C)N(C(=O)CN1C(=O)C(NC(=O)Nc2cccc(OCc3ccccc3)c2)C(=O)N(c2ccccc2)c2ccccc21)c1ccccc1. The highest BCUT2D eigenvalue weighted by molar-refractivity contribution is 6.25. The predicted octanol–water partition coefficient (Wildman–Crippen LogP) is 6.91. The van der Waals surface area contributed by atoms with E-state index in [9.17, 15) is 19.2 Å². The van der Waals surface area contributed by atoms with Crippen molar-refractivity contribution in [1.82, 2.24) is 5.32 Å². The van der Waals surface area contributed by atoms with Crippen LogP contribution in [0.25, 0.3) is 0 Å². The normalized spacial score (nSPS) is 14.1. The number of rotatable bonds is 10. The van der Waals surface area contributed by atoms with E-state index in [0.29, 0.717) is 40.8 Å². The first-order chi connectivity index (χ1) is 24.3. The van der Waals surface area contributed by atoms with Crippen LogP contribution in [-0.4, -0.2) is 42.4 Å². The second kappa shape index (κ2) is 15.2. The van der Waals surface area contributed by atoms with Crippen molar-refractivity contribution in [2.45, 2.75) is 32.5 Å². The third kappa shape index (κ3) is 7.50. The molecule has 2 N–H and O–H groups in total. The van der Waals surface area contributed by atoms with Gasteiger partial charge in [-0.3, -0.25) is 24.2 Å². The monoisotopic (exact) mass is 667 g/mol. The van der Waals surface area contributed by atoms with Gasteiger partial charge in [-0.2, -0.15) is 0 Å².